The number of thiophene rings is 1. The van der Waals surface area contributed by atoms with Gasteiger partial charge in [-0.25, -0.2) is 9.18 Å². The van der Waals surface area contributed by atoms with Gasteiger partial charge in [0, 0.05) is 10.9 Å². The van der Waals surface area contributed by atoms with E-state index in [9.17, 15) is 9.18 Å². The number of ether oxygens (including phenoxy) is 2. The average molecular weight is 295 g/mol. The summed E-state index contributed by atoms with van der Waals surface area (Å²) in [7, 11) is 1.39. The summed E-state index contributed by atoms with van der Waals surface area (Å²) in [5.41, 5.74) is 7.20. The zero-order valence-corrected chi connectivity index (χ0v) is 11.9. The minimum absolute atomic E-state index is 0.148. The Hall–Kier alpha value is -2.08. The fraction of sp³-hybridized carbons (Fsp3) is 0.214. The molecule has 1 aromatic carbocycles. The van der Waals surface area contributed by atoms with Crippen LogP contribution in [0, 0.1) is 5.82 Å². The lowest BCUT2D eigenvalue weighted by Crippen LogP contribution is -2.07. The molecule has 6 heteroatoms. The lowest BCUT2D eigenvalue weighted by atomic mass is 10.0. The summed E-state index contributed by atoms with van der Waals surface area (Å²) >= 11 is 1.22. The lowest BCUT2D eigenvalue weighted by Gasteiger charge is -2.07. The quantitative estimate of drug-likeness (QED) is 0.879. The van der Waals surface area contributed by atoms with E-state index in [-0.39, 0.29) is 17.9 Å². The maximum Gasteiger partial charge on any atom is 0.341 e. The number of hydrogen-bond donors (Lipinski definition) is 1. The lowest BCUT2D eigenvalue weighted by molar-refractivity contribution is 0.0529. The van der Waals surface area contributed by atoms with E-state index < -0.39 is 11.8 Å². The van der Waals surface area contributed by atoms with Crippen molar-refractivity contribution in [2.75, 3.05) is 19.5 Å². The van der Waals surface area contributed by atoms with Gasteiger partial charge in [0.1, 0.15) is 10.6 Å². The minimum Gasteiger partial charge on any atom is -0.494 e. The van der Waals surface area contributed by atoms with Crippen LogP contribution in [0.3, 0.4) is 0 Å². The molecule has 0 amide bonds. The first kappa shape index (κ1) is 14.3. The number of benzene rings is 1. The molecule has 106 valence electrons. The summed E-state index contributed by atoms with van der Waals surface area (Å²) < 4.78 is 23.6. The molecule has 0 bridgehead atoms. The number of nitrogen functional groups attached to an aromatic ring is 1. The molecule has 0 saturated heterocycles. The predicted molar refractivity (Wildman–Crippen MR) is 76.6 cm³/mol. The molecule has 0 unspecified atom stereocenters. The zero-order chi connectivity index (χ0) is 14.7. The van der Waals surface area contributed by atoms with Crippen LogP contribution >= 0.6 is 11.3 Å². The van der Waals surface area contributed by atoms with E-state index in [2.05, 4.69) is 0 Å². The molecule has 1 aromatic heterocycles. The van der Waals surface area contributed by atoms with Crippen molar-refractivity contribution in [2.45, 2.75) is 6.92 Å². The maximum atomic E-state index is 13.8. The second-order valence-electron chi connectivity index (χ2n) is 3.96. The van der Waals surface area contributed by atoms with Crippen LogP contribution in [-0.2, 0) is 4.74 Å². The van der Waals surface area contributed by atoms with Gasteiger partial charge < -0.3 is 15.2 Å². The first-order valence-electron chi connectivity index (χ1n) is 5.96. The van der Waals surface area contributed by atoms with Gasteiger partial charge in [0.05, 0.1) is 13.7 Å². The molecule has 0 aliphatic rings. The fourth-order valence-corrected chi connectivity index (χ4v) is 2.64. The third kappa shape index (κ3) is 2.60. The maximum absolute atomic E-state index is 13.8. The van der Waals surface area contributed by atoms with Crippen LogP contribution in [0.15, 0.2) is 23.6 Å². The largest absolute Gasteiger partial charge is 0.494 e. The predicted octanol–water partition coefficient (Wildman–Crippen LogP) is 3.32. The van der Waals surface area contributed by atoms with Crippen LogP contribution < -0.4 is 10.5 Å². The Kier molecular flexibility index (Phi) is 4.24. The minimum atomic E-state index is -0.502. The van der Waals surface area contributed by atoms with Gasteiger partial charge in [0.15, 0.2) is 11.6 Å². The van der Waals surface area contributed by atoms with Gasteiger partial charge in [-0.05, 0) is 24.6 Å². The number of esters is 1. The highest BCUT2D eigenvalue weighted by Crippen LogP contribution is 2.35. The second-order valence-corrected chi connectivity index (χ2v) is 4.87. The van der Waals surface area contributed by atoms with Gasteiger partial charge in [0.2, 0.25) is 0 Å². The van der Waals surface area contributed by atoms with Crippen molar-refractivity contribution in [2.24, 2.45) is 0 Å². The van der Waals surface area contributed by atoms with Gasteiger partial charge in [0.25, 0.3) is 0 Å². The Bertz CT molecular complexity index is 639. The third-order valence-corrected chi connectivity index (χ3v) is 3.57. The standard InChI is InChI=1S/C14H14FNO3S/c1-3-19-14(17)12-9(7-20-13(12)16)8-4-5-11(18-2)10(15)6-8/h4-7H,3,16H2,1-2H3. The van der Waals surface area contributed by atoms with E-state index in [1.807, 2.05) is 0 Å². The number of methoxy groups -OCH3 is 1. The number of carbonyl (C=O) groups excluding carboxylic acids is 1. The molecule has 20 heavy (non-hydrogen) atoms. The summed E-state index contributed by atoms with van der Waals surface area (Å²) in [5.74, 6) is -0.850. The Morgan fingerprint density at radius 1 is 1.45 bits per heavy atom. The van der Waals surface area contributed by atoms with Crippen molar-refractivity contribution < 1.29 is 18.7 Å². The molecule has 0 radical (unpaired) electrons. The highest BCUT2D eigenvalue weighted by atomic mass is 32.1. The number of rotatable bonds is 4. The van der Waals surface area contributed by atoms with Crippen molar-refractivity contribution in [3.8, 4) is 16.9 Å². The van der Waals surface area contributed by atoms with Crippen LogP contribution in [0.4, 0.5) is 9.39 Å². The molecule has 1 heterocycles. The Morgan fingerprint density at radius 2 is 2.20 bits per heavy atom. The van der Waals surface area contributed by atoms with Crippen LogP contribution in [0.1, 0.15) is 17.3 Å². The fourth-order valence-electron chi connectivity index (χ4n) is 1.83. The Balaban J connectivity index is 2.48. The van der Waals surface area contributed by atoms with Crippen LogP contribution in [0.5, 0.6) is 5.75 Å². The second kappa shape index (κ2) is 5.92. The molecule has 0 fully saturated rings. The number of carbonyl (C=O) groups is 1. The Morgan fingerprint density at radius 3 is 2.80 bits per heavy atom. The molecule has 2 rings (SSSR count). The first-order chi connectivity index (χ1) is 9.58. The van der Waals surface area contributed by atoms with Crippen molar-refractivity contribution in [1.82, 2.24) is 0 Å². The molecule has 0 saturated carbocycles. The van der Waals surface area contributed by atoms with Crippen LogP contribution in [0.2, 0.25) is 0 Å². The summed E-state index contributed by atoms with van der Waals surface area (Å²) in [4.78, 5) is 11.9. The van der Waals surface area contributed by atoms with Crippen molar-refractivity contribution >= 4 is 22.3 Å². The summed E-state index contributed by atoms with van der Waals surface area (Å²) in [6, 6.07) is 4.49. The molecule has 0 atom stereocenters. The SMILES string of the molecule is CCOC(=O)c1c(-c2ccc(OC)c(F)c2)csc1N. The van der Waals surface area contributed by atoms with Gasteiger partial charge in [-0.1, -0.05) is 6.07 Å². The van der Waals surface area contributed by atoms with Crippen molar-refractivity contribution in [1.29, 1.82) is 0 Å². The van der Waals surface area contributed by atoms with Gasteiger partial charge >= 0.3 is 5.97 Å². The molecular weight excluding hydrogens is 281 g/mol. The average Bonchev–Trinajstić information content (AvgIpc) is 2.81. The van der Waals surface area contributed by atoms with E-state index in [1.54, 1.807) is 18.4 Å². The van der Waals surface area contributed by atoms with Crippen LogP contribution in [0.25, 0.3) is 11.1 Å². The van der Waals surface area contributed by atoms with Gasteiger partial charge in [-0.15, -0.1) is 11.3 Å². The normalized spacial score (nSPS) is 10.3. The van der Waals surface area contributed by atoms with Gasteiger partial charge in [-0.3, -0.25) is 0 Å². The molecule has 0 aliphatic carbocycles. The van der Waals surface area contributed by atoms with Crippen molar-refractivity contribution in [3.05, 3.63) is 35.0 Å². The first-order valence-corrected chi connectivity index (χ1v) is 6.84. The van der Waals surface area contributed by atoms with E-state index in [4.69, 9.17) is 15.2 Å². The number of anilines is 1. The van der Waals surface area contributed by atoms with E-state index >= 15 is 0 Å². The molecule has 2 aromatic rings. The number of halogens is 1. The molecule has 2 N–H and O–H groups in total. The van der Waals surface area contributed by atoms with Gasteiger partial charge in [-0.2, -0.15) is 0 Å². The molecular formula is C14H14FNO3S. The van der Waals surface area contributed by atoms with E-state index in [0.717, 1.165) is 0 Å². The zero-order valence-electron chi connectivity index (χ0n) is 11.1. The topological polar surface area (TPSA) is 61.5 Å². The number of nitrogens with two attached hydrogens (primary N) is 1. The third-order valence-electron chi connectivity index (χ3n) is 2.76. The Labute approximate surface area is 119 Å². The van der Waals surface area contributed by atoms with E-state index in [0.29, 0.717) is 16.1 Å². The number of hydrogen-bond acceptors (Lipinski definition) is 5. The monoisotopic (exact) mass is 295 g/mol. The van der Waals surface area contributed by atoms with E-state index in [1.165, 1.54) is 30.6 Å². The highest BCUT2D eigenvalue weighted by Gasteiger charge is 2.20. The van der Waals surface area contributed by atoms with Crippen molar-refractivity contribution in [3.63, 3.8) is 0 Å². The summed E-state index contributed by atoms with van der Waals surface area (Å²) in [5, 5.41) is 2.07. The summed E-state index contributed by atoms with van der Waals surface area (Å²) in [6.07, 6.45) is 0. The molecule has 0 aliphatic heterocycles. The highest BCUT2D eigenvalue weighted by molar-refractivity contribution is 7.14. The summed E-state index contributed by atoms with van der Waals surface area (Å²) in [6.45, 7) is 1.97. The smallest absolute Gasteiger partial charge is 0.341 e. The molecule has 0 spiro atoms. The molecule has 4 nitrogen and oxygen atoms in total. The van der Waals surface area contributed by atoms with Crippen LogP contribution in [-0.4, -0.2) is 19.7 Å².